The van der Waals surface area contributed by atoms with Crippen LogP contribution in [0.2, 0.25) is 5.02 Å². The molecule has 0 bridgehead atoms. The molecule has 29 heavy (non-hydrogen) atoms. The van der Waals surface area contributed by atoms with Gasteiger partial charge in [0.1, 0.15) is 6.10 Å². The Balaban J connectivity index is 1.60. The summed E-state index contributed by atoms with van der Waals surface area (Å²) in [6, 6.07) is 4.56. The van der Waals surface area contributed by atoms with E-state index in [0.717, 1.165) is 0 Å². The zero-order valence-corrected chi connectivity index (χ0v) is 17.4. The van der Waals surface area contributed by atoms with Gasteiger partial charge in [-0.15, -0.1) is 0 Å². The molecule has 0 radical (unpaired) electrons. The molecule has 0 saturated carbocycles. The molecule has 0 unspecified atom stereocenters. The molecule has 3 rings (SSSR count). The Hall–Kier alpha value is -2.32. The summed E-state index contributed by atoms with van der Waals surface area (Å²) in [5.41, 5.74) is 0.135. The van der Waals surface area contributed by atoms with Crippen molar-refractivity contribution in [3.63, 3.8) is 0 Å². The Morgan fingerprint density at radius 1 is 1.45 bits per heavy atom. The van der Waals surface area contributed by atoms with Crippen LogP contribution in [0.15, 0.2) is 30.6 Å². The second-order valence-electron chi connectivity index (χ2n) is 7.97. The van der Waals surface area contributed by atoms with Crippen molar-refractivity contribution in [2.45, 2.75) is 38.8 Å². The Morgan fingerprint density at radius 2 is 2.24 bits per heavy atom. The monoisotopic (exact) mass is 425 g/mol. The van der Waals surface area contributed by atoms with Gasteiger partial charge in [-0.1, -0.05) is 11.6 Å². The van der Waals surface area contributed by atoms with Gasteiger partial charge in [0.25, 0.3) is 0 Å². The maximum absolute atomic E-state index is 14.5. The normalized spacial score (nSPS) is 19.6. The number of ether oxygens (including phenoxy) is 3. The minimum Gasteiger partial charge on any atom is -0.490 e. The first-order chi connectivity index (χ1) is 13.7. The van der Waals surface area contributed by atoms with Crippen molar-refractivity contribution in [1.29, 1.82) is 0 Å². The largest absolute Gasteiger partial charge is 0.490 e. The molecule has 1 saturated heterocycles. The molecule has 1 aliphatic heterocycles. The van der Waals surface area contributed by atoms with E-state index < -0.39 is 23.6 Å². The minimum atomic E-state index is -0.510. The summed E-state index contributed by atoms with van der Waals surface area (Å²) in [6.07, 6.45) is 2.75. The lowest BCUT2D eigenvalue weighted by atomic mass is 9.98. The van der Waals surface area contributed by atoms with Crippen molar-refractivity contribution in [3.05, 3.63) is 41.4 Å². The van der Waals surface area contributed by atoms with Crippen LogP contribution in [0.25, 0.3) is 5.69 Å². The van der Waals surface area contributed by atoms with Gasteiger partial charge in [0.15, 0.2) is 11.6 Å². The first-order valence-electron chi connectivity index (χ1n) is 9.41. The summed E-state index contributed by atoms with van der Waals surface area (Å²) in [7, 11) is 0. The Bertz CT molecular complexity index is 852. The zero-order chi connectivity index (χ0) is 21.0. The van der Waals surface area contributed by atoms with Gasteiger partial charge in [-0.3, -0.25) is 0 Å². The SMILES string of the molecule is CC(C)(C)NC(=O)O[C@H]1COCC[C@H]1COc1ccc(-n2cc(Cl)cn2)cc1F. The molecule has 158 valence electrons. The first-order valence-corrected chi connectivity index (χ1v) is 9.78. The molecule has 1 amide bonds. The van der Waals surface area contributed by atoms with Crippen LogP contribution < -0.4 is 10.1 Å². The molecular weight excluding hydrogens is 401 g/mol. The van der Waals surface area contributed by atoms with E-state index in [2.05, 4.69) is 10.4 Å². The van der Waals surface area contributed by atoms with Gasteiger partial charge in [-0.05, 0) is 39.3 Å². The smallest absolute Gasteiger partial charge is 0.407 e. The van der Waals surface area contributed by atoms with E-state index in [0.29, 0.717) is 23.7 Å². The van der Waals surface area contributed by atoms with Crippen molar-refractivity contribution in [3.8, 4) is 11.4 Å². The summed E-state index contributed by atoms with van der Waals surface area (Å²) in [5.74, 6) is -0.487. The predicted octanol–water partition coefficient (Wildman–Crippen LogP) is 3.97. The highest BCUT2D eigenvalue weighted by Gasteiger charge is 2.31. The molecule has 2 aromatic rings. The van der Waals surface area contributed by atoms with E-state index in [1.165, 1.54) is 16.9 Å². The predicted molar refractivity (Wildman–Crippen MR) is 106 cm³/mol. The number of amides is 1. The maximum Gasteiger partial charge on any atom is 0.407 e. The van der Waals surface area contributed by atoms with Gasteiger partial charge in [0.05, 0.1) is 30.1 Å². The number of hydrogen-bond donors (Lipinski definition) is 1. The molecular formula is C20H25ClFN3O4. The number of nitrogens with zero attached hydrogens (tertiary/aromatic N) is 2. The highest BCUT2D eigenvalue weighted by atomic mass is 35.5. The number of carbonyl (C=O) groups is 1. The summed E-state index contributed by atoms with van der Waals surface area (Å²) in [5, 5.41) is 7.27. The molecule has 2 heterocycles. The van der Waals surface area contributed by atoms with E-state index in [1.54, 1.807) is 18.3 Å². The molecule has 0 spiro atoms. The van der Waals surface area contributed by atoms with Crippen LogP contribution >= 0.6 is 11.6 Å². The van der Waals surface area contributed by atoms with Crippen molar-refractivity contribution < 1.29 is 23.4 Å². The van der Waals surface area contributed by atoms with Gasteiger partial charge >= 0.3 is 6.09 Å². The van der Waals surface area contributed by atoms with Gasteiger partial charge in [-0.2, -0.15) is 5.10 Å². The number of nitrogens with one attached hydrogen (secondary N) is 1. The molecule has 1 N–H and O–H groups in total. The van der Waals surface area contributed by atoms with Crippen LogP contribution in [-0.2, 0) is 9.47 Å². The van der Waals surface area contributed by atoms with Gasteiger partial charge in [0, 0.05) is 30.3 Å². The van der Waals surface area contributed by atoms with Gasteiger partial charge in [-0.25, -0.2) is 13.9 Å². The summed E-state index contributed by atoms with van der Waals surface area (Å²) in [4.78, 5) is 12.1. The maximum atomic E-state index is 14.5. The Morgan fingerprint density at radius 3 is 2.90 bits per heavy atom. The average Bonchev–Trinajstić information content (AvgIpc) is 3.06. The highest BCUT2D eigenvalue weighted by molar-refractivity contribution is 6.30. The first kappa shape index (κ1) is 21.4. The van der Waals surface area contributed by atoms with E-state index in [1.807, 2.05) is 20.8 Å². The minimum absolute atomic E-state index is 0.0986. The highest BCUT2D eigenvalue weighted by Crippen LogP contribution is 2.25. The lowest BCUT2D eigenvalue weighted by Gasteiger charge is -2.32. The average molecular weight is 426 g/mol. The van der Waals surface area contributed by atoms with E-state index in [4.69, 9.17) is 25.8 Å². The second-order valence-corrected chi connectivity index (χ2v) is 8.41. The van der Waals surface area contributed by atoms with Crippen molar-refractivity contribution >= 4 is 17.7 Å². The number of rotatable bonds is 5. The number of aromatic nitrogens is 2. The fourth-order valence-corrected chi connectivity index (χ4v) is 3.07. The van der Waals surface area contributed by atoms with E-state index in [-0.39, 0.29) is 24.9 Å². The molecule has 1 aromatic heterocycles. The van der Waals surface area contributed by atoms with Crippen LogP contribution in [0.3, 0.4) is 0 Å². The fourth-order valence-electron chi connectivity index (χ4n) is 2.94. The summed E-state index contributed by atoms with van der Waals surface area (Å²) in [6.45, 7) is 6.64. The lowest BCUT2D eigenvalue weighted by Crippen LogP contribution is -2.46. The van der Waals surface area contributed by atoms with Crippen LogP contribution in [0.4, 0.5) is 9.18 Å². The van der Waals surface area contributed by atoms with E-state index in [9.17, 15) is 9.18 Å². The van der Waals surface area contributed by atoms with Crippen molar-refractivity contribution in [2.24, 2.45) is 5.92 Å². The topological polar surface area (TPSA) is 74.6 Å². The Kier molecular flexibility index (Phi) is 6.64. The lowest BCUT2D eigenvalue weighted by molar-refractivity contribution is -0.0630. The number of halogens is 2. The summed E-state index contributed by atoms with van der Waals surface area (Å²) < 4.78 is 32.6. The Labute approximate surface area is 174 Å². The number of alkyl carbamates (subject to hydrolysis) is 1. The molecule has 0 aliphatic carbocycles. The van der Waals surface area contributed by atoms with Crippen molar-refractivity contribution in [2.75, 3.05) is 19.8 Å². The van der Waals surface area contributed by atoms with Gasteiger partial charge < -0.3 is 19.5 Å². The standard InChI is InChI=1S/C20H25ClFN3O4/c1-20(2,3)24-19(26)29-18-12-27-7-6-13(18)11-28-17-5-4-15(8-16(17)22)25-10-14(21)9-23-25/h4-5,8-10,13,18H,6-7,11-12H2,1-3H3,(H,24,26)/t13-,18-/m0/s1. The second kappa shape index (κ2) is 9.00. The molecule has 1 aliphatic rings. The third-order valence-electron chi connectivity index (χ3n) is 4.36. The van der Waals surface area contributed by atoms with Gasteiger partial charge in [0.2, 0.25) is 0 Å². The number of benzene rings is 1. The summed E-state index contributed by atoms with van der Waals surface area (Å²) >= 11 is 5.85. The van der Waals surface area contributed by atoms with Crippen LogP contribution in [0.5, 0.6) is 5.75 Å². The molecule has 7 nitrogen and oxygen atoms in total. The molecule has 1 fully saturated rings. The molecule has 1 aromatic carbocycles. The van der Waals surface area contributed by atoms with Crippen LogP contribution in [-0.4, -0.2) is 47.3 Å². The number of carbonyl (C=O) groups excluding carboxylic acids is 1. The zero-order valence-electron chi connectivity index (χ0n) is 16.7. The molecule has 2 atom stereocenters. The van der Waals surface area contributed by atoms with Crippen LogP contribution in [0.1, 0.15) is 27.2 Å². The fraction of sp³-hybridized carbons (Fsp3) is 0.500. The van der Waals surface area contributed by atoms with Crippen molar-refractivity contribution in [1.82, 2.24) is 15.1 Å². The van der Waals surface area contributed by atoms with Crippen LogP contribution in [0, 0.1) is 11.7 Å². The third-order valence-corrected chi connectivity index (χ3v) is 4.56. The van der Waals surface area contributed by atoms with E-state index >= 15 is 0 Å². The number of hydrogen-bond acceptors (Lipinski definition) is 5. The third kappa shape index (κ3) is 6.08. The quantitative estimate of drug-likeness (QED) is 0.784. The molecule has 9 heteroatoms.